The standard InChI is InChI=1S/C15H20N4OS/c1-16-15-17-13(10-6-9-21-14(10)18-15)19-7-8-20-12-5-3-2-4-11(12)19/h6,9,11-12H,2-5,7-8H2,1H3,(H,16,17,18). The minimum Gasteiger partial charge on any atom is -0.374 e. The summed E-state index contributed by atoms with van der Waals surface area (Å²) in [6, 6.07) is 2.61. The van der Waals surface area contributed by atoms with Crippen molar-refractivity contribution in [3.63, 3.8) is 0 Å². The van der Waals surface area contributed by atoms with Crippen molar-refractivity contribution < 1.29 is 4.74 Å². The smallest absolute Gasteiger partial charge is 0.225 e. The molecule has 6 heteroatoms. The molecule has 0 amide bonds. The molecule has 1 aliphatic heterocycles. The molecule has 3 heterocycles. The summed E-state index contributed by atoms with van der Waals surface area (Å²) in [6.07, 6.45) is 5.33. The fraction of sp³-hybridized carbons (Fsp3) is 0.600. The Hall–Kier alpha value is -1.40. The van der Waals surface area contributed by atoms with Crippen molar-refractivity contribution in [1.82, 2.24) is 9.97 Å². The lowest BCUT2D eigenvalue weighted by atomic mass is 9.90. The number of anilines is 2. The van der Waals surface area contributed by atoms with E-state index in [9.17, 15) is 0 Å². The Morgan fingerprint density at radius 1 is 1.33 bits per heavy atom. The van der Waals surface area contributed by atoms with E-state index < -0.39 is 0 Å². The molecule has 0 radical (unpaired) electrons. The number of hydrogen-bond acceptors (Lipinski definition) is 6. The highest BCUT2D eigenvalue weighted by atomic mass is 32.1. The van der Waals surface area contributed by atoms with E-state index in [0.29, 0.717) is 18.1 Å². The number of thiophene rings is 1. The molecule has 2 aromatic rings. The van der Waals surface area contributed by atoms with E-state index in [-0.39, 0.29) is 0 Å². The van der Waals surface area contributed by atoms with Gasteiger partial charge in [0.2, 0.25) is 5.95 Å². The molecule has 0 aromatic carbocycles. The van der Waals surface area contributed by atoms with Crippen molar-refractivity contribution in [2.75, 3.05) is 30.4 Å². The average molecular weight is 304 g/mol. The lowest BCUT2D eigenvalue weighted by molar-refractivity contribution is -0.00886. The zero-order valence-electron chi connectivity index (χ0n) is 12.2. The van der Waals surface area contributed by atoms with Gasteiger partial charge in [0, 0.05) is 13.6 Å². The molecule has 2 aliphatic rings. The minimum absolute atomic E-state index is 0.370. The molecule has 1 aliphatic carbocycles. The first-order valence-electron chi connectivity index (χ1n) is 7.68. The van der Waals surface area contributed by atoms with Crippen LogP contribution in [0, 0.1) is 0 Å². The van der Waals surface area contributed by atoms with Crippen LogP contribution in [-0.2, 0) is 4.74 Å². The van der Waals surface area contributed by atoms with Gasteiger partial charge in [-0.1, -0.05) is 12.8 Å². The summed E-state index contributed by atoms with van der Waals surface area (Å²) in [6.45, 7) is 1.72. The molecule has 0 bridgehead atoms. The third-order valence-corrected chi connectivity index (χ3v) is 5.34. The summed E-state index contributed by atoms with van der Waals surface area (Å²) in [7, 11) is 1.88. The molecule has 2 unspecified atom stereocenters. The van der Waals surface area contributed by atoms with Crippen LogP contribution in [0.2, 0.25) is 0 Å². The van der Waals surface area contributed by atoms with Gasteiger partial charge in [0.1, 0.15) is 10.6 Å². The summed E-state index contributed by atoms with van der Waals surface area (Å²) in [5, 5.41) is 6.36. The number of nitrogens with one attached hydrogen (secondary N) is 1. The van der Waals surface area contributed by atoms with Gasteiger partial charge in [-0.2, -0.15) is 4.98 Å². The van der Waals surface area contributed by atoms with E-state index >= 15 is 0 Å². The number of nitrogens with zero attached hydrogens (tertiary/aromatic N) is 3. The molecule has 1 saturated carbocycles. The monoisotopic (exact) mass is 304 g/mol. The fourth-order valence-electron chi connectivity index (χ4n) is 3.53. The summed E-state index contributed by atoms with van der Waals surface area (Å²) in [5.41, 5.74) is 0. The van der Waals surface area contributed by atoms with Crippen LogP contribution in [0.4, 0.5) is 11.8 Å². The van der Waals surface area contributed by atoms with Crippen LogP contribution in [0.15, 0.2) is 11.4 Å². The minimum atomic E-state index is 0.370. The first kappa shape index (κ1) is 13.3. The number of rotatable bonds is 2. The van der Waals surface area contributed by atoms with Gasteiger partial charge in [-0.05, 0) is 24.3 Å². The van der Waals surface area contributed by atoms with Crippen LogP contribution < -0.4 is 10.2 Å². The number of fused-ring (bicyclic) bond motifs is 2. The van der Waals surface area contributed by atoms with Gasteiger partial charge in [0.25, 0.3) is 0 Å². The first-order valence-corrected chi connectivity index (χ1v) is 8.56. The second-order valence-electron chi connectivity index (χ2n) is 5.71. The third kappa shape index (κ3) is 2.26. The molecule has 2 fully saturated rings. The summed E-state index contributed by atoms with van der Waals surface area (Å²) >= 11 is 1.68. The number of aromatic nitrogens is 2. The largest absolute Gasteiger partial charge is 0.374 e. The van der Waals surface area contributed by atoms with Gasteiger partial charge in [-0.3, -0.25) is 0 Å². The normalized spacial score (nSPS) is 25.9. The van der Waals surface area contributed by atoms with Crippen LogP contribution in [-0.4, -0.2) is 42.3 Å². The van der Waals surface area contributed by atoms with Crippen LogP contribution in [0.3, 0.4) is 0 Å². The average Bonchev–Trinajstić information content (AvgIpc) is 3.02. The van der Waals surface area contributed by atoms with Gasteiger partial charge < -0.3 is 15.0 Å². The van der Waals surface area contributed by atoms with Crippen LogP contribution >= 0.6 is 11.3 Å². The summed E-state index contributed by atoms with van der Waals surface area (Å²) in [5.74, 6) is 1.78. The molecule has 4 rings (SSSR count). The predicted octanol–water partition coefficient (Wildman–Crippen LogP) is 2.88. The lowest BCUT2D eigenvalue weighted by Gasteiger charge is -2.44. The van der Waals surface area contributed by atoms with Crippen LogP contribution in [0.25, 0.3) is 10.2 Å². The third-order valence-electron chi connectivity index (χ3n) is 4.53. The van der Waals surface area contributed by atoms with Crippen LogP contribution in [0.1, 0.15) is 25.7 Å². The second kappa shape index (κ2) is 5.42. The van der Waals surface area contributed by atoms with Gasteiger partial charge in [0.15, 0.2) is 0 Å². The highest BCUT2D eigenvalue weighted by molar-refractivity contribution is 7.16. The highest BCUT2D eigenvalue weighted by Crippen LogP contribution is 2.35. The first-order chi connectivity index (χ1) is 10.4. The summed E-state index contributed by atoms with van der Waals surface area (Å²) < 4.78 is 5.99. The molecule has 21 heavy (non-hydrogen) atoms. The van der Waals surface area contributed by atoms with Crippen molar-refractivity contribution in [2.45, 2.75) is 37.8 Å². The van der Waals surface area contributed by atoms with Crippen LogP contribution in [0.5, 0.6) is 0 Å². The second-order valence-corrected chi connectivity index (χ2v) is 6.61. The Kier molecular flexibility index (Phi) is 3.43. The zero-order valence-corrected chi connectivity index (χ0v) is 13.0. The molecule has 1 N–H and O–H groups in total. The Labute approximate surface area is 128 Å². The Morgan fingerprint density at radius 2 is 2.24 bits per heavy atom. The molecule has 5 nitrogen and oxygen atoms in total. The van der Waals surface area contributed by atoms with E-state index in [1.165, 1.54) is 31.1 Å². The molecular formula is C15H20N4OS. The fourth-order valence-corrected chi connectivity index (χ4v) is 4.29. The molecule has 2 aromatic heterocycles. The lowest BCUT2D eigenvalue weighted by Crippen LogP contribution is -2.53. The Bertz CT molecular complexity index is 642. The molecule has 0 spiro atoms. The quantitative estimate of drug-likeness (QED) is 0.924. The molecule has 2 atom stereocenters. The van der Waals surface area contributed by atoms with Gasteiger partial charge in [-0.25, -0.2) is 4.98 Å². The van der Waals surface area contributed by atoms with Crippen molar-refractivity contribution >= 4 is 33.3 Å². The van der Waals surface area contributed by atoms with E-state index in [1.54, 1.807) is 11.3 Å². The number of morpholine rings is 1. The molecule has 112 valence electrons. The maximum Gasteiger partial charge on any atom is 0.225 e. The Morgan fingerprint density at radius 3 is 3.14 bits per heavy atom. The van der Waals surface area contributed by atoms with E-state index in [4.69, 9.17) is 9.72 Å². The highest BCUT2D eigenvalue weighted by Gasteiger charge is 2.35. The maximum absolute atomic E-state index is 5.99. The van der Waals surface area contributed by atoms with Crippen molar-refractivity contribution in [3.8, 4) is 0 Å². The molecular weight excluding hydrogens is 284 g/mol. The Balaban J connectivity index is 1.78. The van der Waals surface area contributed by atoms with E-state index in [1.807, 2.05) is 7.05 Å². The summed E-state index contributed by atoms with van der Waals surface area (Å²) in [4.78, 5) is 12.8. The SMILES string of the molecule is CNc1nc(N2CCOC3CCCCC32)c2ccsc2n1. The topological polar surface area (TPSA) is 50.3 Å². The van der Waals surface area contributed by atoms with Gasteiger partial charge in [-0.15, -0.1) is 11.3 Å². The molecule has 1 saturated heterocycles. The predicted molar refractivity (Wildman–Crippen MR) is 86.3 cm³/mol. The maximum atomic E-state index is 5.99. The van der Waals surface area contributed by atoms with Crippen molar-refractivity contribution in [3.05, 3.63) is 11.4 Å². The van der Waals surface area contributed by atoms with E-state index in [0.717, 1.165) is 23.8 Å². The number of hydrogen-bond donors (Lipinski definition) is 1. The zero-order chi connectivity index (χ0) is 14.2. The van der Waals surface area contributed by atoms with Gasteiger partial charge >= 0.3 is 0 Å². The van der Waals surface area contributed by atoms with Crippen molar-refractivity contribution in [2.24, 2.45) is 0 Å². The van der Waals surface area contributed by atoms with E-state index in [2.05, 4.69) is 26.6 Å². The van der Waals surface area contributed by atoms with Gasteiger partial charge in [0.05, 0.1) is 24.1 Å². The van der Waals surface area contributed by atoms with Crippen molar-refractivity contribution in [1.29, 1.82) is 0 Å². The number of ether oxygens (including phenoxy) is 1.